The maximum Gasteiger partial charge on any atom is 0.417 e. The van der Waals surface area contributed by atoms with E-state index in [0.717, 1.165) is 12.4 Å². The van der Waals surface area contributed by atoms with Crippen molar-refractivity contribution in [3.05, 3.63) is 65.0 Å². The molecule has 9 heteroatoms. The predicted octanol–water partition coefficient (Wildman–Crippen LogP) is 2.04. The summed E-state index contributed by atoms with van der Waals surface area (Å²) in [5, 5.41) is 0.389. The highest BCUT2D eigenvalue weighted by molar-refractivity contribution is 6.22. The Bertz CT molecular complexity index is 829. The molecular weight excluding hydrogens is 327 g/mol. The molecular formula is C15H8F3N3O3. The van der Waals surface area contributed by atoms with Crippen LogP contribution in [-0.4, -0.2) is 27.7 Å². The fraction of sp³-hybridized carbons (Fsp3) is 0.0667. The van der Waals surface area contributed by atoms with Crippen LogP contribution in [0.3, 0.4) is 0 Å². The van der Waals surface area contributed by atoms with Crippen LogP contribution >= 0.6 is 0 Å². The molecule has 3 rings (SSSR count). The van der Waals surface area contributed by atoms with E-state index < -0.39 is 35.0 Å². The number of benzene rings is 1. The second-order valence-corrected chi connectivity index (χ2v) is 4.85. The van der Waals surface area contributed by atoms with E-state index in [1.807, 2.05) is 5.43 Å². The van der Waals surface area contributed by atoms with E-state index in [2.05, 4.69) is 4.98 Å². The lowest BCUT2D eigenvalue weighted by Crippen LogP contribution is -2.46. The highest BCUT2D eigenvalue weighted by Crippen LogP contribution is 2.31. The number of rotatable bonds is 2. The van der Waals surface area contributed by atoms with Gasteiger partial charge >= 0.3 is 6.18 Å². The zero-order valence-electron chi connectivity index (χ0n) is 11.8. The van der Waals surface area contributed by atoms with Crippen LogP contribution < -0.4 is 5.43 Å². The highest BCUT2D eigenvalue weighted by Gasteiger charge is 2.39. The number of hydrogen-bond donors (Lipinski definition) is 1. The van der Waals surface area contributed by atoms with Crippen molar-refractivity contribution >= 4 is 17.7 Å². The van der Waals surface area contributed by atoms with Crippen LogP contribution in [0.1, 0.15) is 36.6 Å². The number of alkyl halides is 3. The molecule has 24 heavy (non-hydrogen) atoms. The van der Waals surface area contributed by atoms with E-state index >= 15 is 0 Å². The fourth-order valence-electron chi connectivity index (χ4n) is 2.28. The molecule has 1 aromatic heterocycles. The van der Waals surface area contributed by atoms with Gasteiger partial charge in [-0.15, -0.1) is 0 Å². The summed E-state index contributed by atoms with van der Waals surface area (Å²) in [6.45, 7) is 0. The standard InChI is InChI=1S/C15H8F3N3O3/c16-15(17,18)11-5-6-19-7-10(11)12(22)20-21-13(23)8-3-1-2-4-9(8)14(21)24/h1-7H,(H,20,22). The molecule has 0 radical (unpaired) electrons. The number of carbonyl (C=O) groups excluding carboxylic acids is 3. The molecule has 0 atom stereocenters. The normalized spacial score (nSPS) is 13.9. The summed E-state index contributed by atoms with van der Waals surface area (Å²) in [5.74, 6) is -2.90. The Morgan fingerprint density at radius 1 is 1.04 bits per heavy atom. The number of hydrazine groups is 1. The number of halogens is 3. The highest BCUT2D eigenvalue weighted by atomic mass is 19.4. The van der Waals surface area contributed by atoms with E-state index in [0.29, 0.717) is 11.1 Å². The Morgan fingerprint density at radius 2 is 1.62 bits per heavy atom. The van der Waals surface area contributed by atoms with E-state index in [9.17, 15) is 27.6 Å². The van der Waals surface area contributed by atoms with Crippen LogP contribution in [0.2, 0.25) is 0 Å². The topological polar surface area (TPSA) is 79.4 Å². The van der Waals surface area contributed by atoms with E-state index in [-0.39, 0.29) is 11.1 Å². The first kappa shape index (κ1) is 15.7. The summed E-state index contributed by atoms with van der Waals surface area (Å²) in [4.78, 5) is 39.8. The second kappa shape index (κ2) is 5.44. The van der Waals surface area contributed by atoms with Crippen LogP contribution in [0.5, 0.6) is 0 Å². The molecule has 2 aromatic rings. The quantitative estimate of drug-likeness (QED) is 0.852. The van der Waals surface area contributed by atoms with Crippen LogP contribution in [0.15, 0.2) is 42.7 Å². The minimum atomic E-state index is -4.78. The lowest BCUT2D eigenvalue weighted by atomic mass is 10.1. The van der Waals surface area contributed by atoms with Gasteiger partial charge in [-0.05, 0) is 18.2 Å². The monoisotopic (exact) mass is 335 g/mol. The van der Waals surface area contributed by atoms with Crippen LogP contribution in [-0.2, 0) is 6.18 Å². The molecule has 122 valence electrons. The second-order valence-electron chi connectivity index (χ2n) is 4.85. The third-order valence-corrected chi connectivity index (χ3v) is 3.38. The summed E-state index contributed by atoms with van der Waals surface area (Å²) >= 11 is 0. The van der Waals surface area contributed by atoms with Gasteiger partial charge in [0.1, 0.15) is 0 Å². The molecule has 2 heterocycles. The molecule has 0 bridgehead atoms. The number of imide groups is 1. The maximum atomic E-state index is 12.9. The molecule has 1 N–H and O–H groups in total. The molecule has 0 unspecified atom stereocenters. The van der Waals surface area contributed by atoms with Crippen molar-refractivity contribution in [2.24, 2.45) is 0 Å². The molecule has 0 saturated carbocycles. The molecule has 1 aromatic carbocycles. The average Bonchev–Trinajstić information content (AvgIpc) is 2.79. The molecule has 0 saturated heterocycles. The number of amides is 3. The van der Waals surface area contributed by atoms with Crippen molar-refractivity contribution < 1.29 is 27.6 Å². The summed E-state index contributed by atoms with van der Waals surface area (Å²) < 4.78 is 38.8. The van der Waals surface area contributed by atoms with Gasteiger partial charge in [0.05, 0.1) is 22.3 Å². The first-order valence-electron chi connectivity index (χ1n) is 6.60. The lowest BCUT2D eigenvalue weighted by Gasteiger charge is -2.17. The summed E-state index contributed by atoms with van der Waals surface area (Å²) in [7, 11) is 0. The van der Waals surface area contributed by atoms with Gasteiger partial charge in [-0.25, -0.2) is 0 Å². The number of nitrogens with zero attached hydrogens (tertiary/aromatic N) is 2. The first-order valence-corrected chi connectivity index (χ1v) is 6.60. The number of pyridine rings is 1. The Hall–Kier alpha value is -3.23. The van der Waals surface area contributed by atoms with Crippen LogP contribution in [0.4, 0.5) is 13.2 Å². The zero-order chi connectivity index (χ0) is 17.5. The average molecular weight is 335 g/mol. The summed E-state index contributed by atoms with van der Waals surface area (Å²) in [5.41, 5.74) is 0.0235. The van der Waals surface area contributed by atoms with Gasteiger partial charge in [-0.3, -0.25) is 24.8 Å². The Labute approximate surface area is 132 Å². The smallest absolute Gasteiger partial charge is 0.267 e. The molecule has 1 aliphatic heterocycles. The number of carbonyl (C=O) groups is 3. The number of hydrogen-bond acceptors (Lipinski definition) is 4. The molecule has 1 aliphatic rings. The predicted molar refractivity (Wildman–Crippen MR) is 73.6 cm³/mol. The Morgan fingerprint density at radius 3 is 2.17 bits per heavy atom. The first-order chi connectivity index (χ1) is 11.3. The largest absolute Gasteiger partial charge is 0.417 e. The maximum absolute atomic E-state index is 12.9. The van der Waals surface area contributed by atoms with Crippen molar-refractivity contribution in [3.63, 3.8) is 0 Å². The number of nitrogens with one attached hydrogen (secondary N) is 1. The summed E-state index contributed by atoms with van der Waals surface area (Å²) in [6, 6.07) is 6.45. The van der Waals surface area contributed by atoms with Gasteiger partial charge in [0, 0.05) is 12.4 Å². The van der Waals surface area contributed by atoms with Gasteiger partial charge in [0.15, 0.2) is 0 Å². The van der Waals surface area contributed by atoms with Gasteiger partial charge < -0.3 is 0 Å². The van der Waals surface area contributed by atoms with Crippen LogP contribution in [0.25, 0.3) is 0 Å². The molecule has 0 fully saturated rings. The number of aromatic nitrogens is 1. The van der Waals surface area contributed by atoms with Gasteiger partial charge in [-0.2, -0.15) is 18.2 Å². The van der Waals surface area contributed by atoms with Gasteiger partial charge in [0.25, 0.3) is 17.7 Å². The summed E-state index contributed by atoms with van der Waals surface area (Å²) in [6.07, 6.45) is -3.17. The van der Waals surface area contributed by atoms with Crippen molar-refractivity contribution in [2.75, 3.05) is 0 Å². The third kappa shape index (κ3) is 2.49. The molecule has 0 spiro atoms. The van der Waals surface area contributed by atoms with Gasteiger partial charge in [0.2, 0.25) is 0 Å². The van der Waals surface area contributed by atoms with Crippen LogP contribution in [0, 0.1) is 0 Å². The minimum Gasteiger partial charge on any atom is -0.267 e. The van der Waals surface area contributed by atoms with Crippen molar-refractivity contribution in [1.82, 2.24) is 15.4 Å². The van der Waals surface area contributed by atoms with Crippen molar-refractivity contribution in [1.29, 1.82) is 0 Å². The van der Waals surface area contributed by atoms with E-state index in [4.69, 9.17) is 0 Å². The third-order valence-electron chi connectivity index (χ3n) is 3.38. The zero-order valence-corrected chi connectivity index (χ0v) is 11.8. The molecule has 6 nitrogen and oxygen atoms in total. The molecule has 0 aliphatic carbocycles. The minimum absolute atomic E-state index is 0.0602. The van der Waals surface area contributed by atoms with Gasteiger partial charge in [-0.1, -0.05) is 12.1 Å². The Balaban J connectivity index is 1.90. The van der Waals surface area contributed by atoms with E-state index in [1.54, 1.807) is 0 Å². The fourth-order valence-corrected chi connectivity index (χ4v) is 2.28. The van der Waals surface area contributed by atoms with E-state index in [1.165, 1.54) is 24.3 Å². The Kier molecular flexibility index (Phi) is 3.55. The molecule has 3 amide bonds. The number of fused-ring (bicyclic) bond motifs is 1. The van der Waals surface area contributed by atoms with Crippen molar-refractivity contribution in [3.8, 4) is 0 Å². The lowest BCUT2D eigenvalue weighted by molar-refractivity contribution is -0.138. The SMILES string of the molecule is O=C(NN1C(=O)c2ccccc2C1=O)c1cnccc1C(F)(F)F. The van der Waals surface area contributed by atoms with Crippen molar-refractivity contribution in [2.45, 2.75) is 6.18 Å².